The zero-order chi connectivity index (χ0) is 22.9. The third-order valence-corrected chi connectivity index (χ3v) is 5.70. The number of ether oxygens (including phenoxy) is 2. The molecular formula is C18H22BrF3N2O5S. The number of carbonyl (C=O) groups excluding carboxylic acids is 1. The number of thiophene rings is 1. The maximum Gasteiger partial charge on any atom is 0.522 e. The summed E-state index contributed by atoms with van der Waals surface area (Å²) in [6, 6.07) is 0. The Morgan fingerprint density at radius 2 is 1.77 bits per heavy atom. The van der Waals surface area contributed by atoms with Crippen LogP contribution in [0.3, 0.4) is 0 Å². The standard InChI is InChI=1S/C18H22BrF3N2O5S/c1-5-6-23-13(25)11-10(9-19)12(15(26)29-17(2,3)4)30-14(11)24(16(23)27)7-8-28-18(20,21)22/h5-9H2,1-4H3. The largest absolute Gasteiger partial charge is 0.522 e. The van der Waals surface area contributed by atoms with Crippen LogP contribution in [0.15, 0.2) is 9.59 Å². The number of alkyl halides is 4. The van der Waals surface area contributed by atoms with E-state index in [0.717, 1.165) is 20.5 Å². The second-order valence-electron chi connectivity index (χ2n) is 7.41. The molecule has 0 spiro atoms. The van der Waals surface area contributed by atoms with Crippen LogP contribution in [0.25, 0.3) is 10.2 Å². The molecule has 0 aliphatic rings. The highest BCUT2D eigenvalue weighted by atomic mass is 79.9. The fraction of sp³-hybridized carbons (Fsp3) is 0.611. The number of aromatic nitrogens is 2. The summed E-state index contributed by atoms with van der Waals surface area (Å²) in [7, 11) is 0. The number of hydrogen-bond donors (Lipinski definition) is 0. The third kappa shape index (κ3) is 5.52. The maximum atomic E-state index is 13.0. The van der Waals surface area contributed by atoms with Gasteiger partial charge in [0.2, 0.25) is 0 Å². The Balaban J connectivity index is 2.73. The average molecular weight is 515 g/mol. The highest BCUT2D eigenvalue weighted by molar-refractivity contribution is 9.08. The zero-order valence-corrected chi connectivity index (χ0v) is 19.3. The molecule has 7 nitrogen and oxygen atoms in total. The lowest BCUT2D eigenvalue weighted by molar-refractivity contribution is -0.325. The predicted octanol–water partition coefficient (Wildman–Crippen LogP) is 4.02. The van der Waals surface area contributed by atoms with Crippen molar-refractivity contribution in [1.82, 2.24) is 9.13 Å². The van der Waals surface area contributed by atoms with Gasteiger partial charge in [-0.1, -0.05) is 22.9 Å². The van der Waals surface area contributed by atoms with Crippen LogP contribution in [0.1, 0.15) is 49.4 Å². The lowest BCUT2D eigenvalue weighted by Gasteiger charge is -2.19. The number of esters is 1. The minimum Gasteiger partial charge on any atom is -0.456 e. The van der Waals surface area contributed by atoms with Crippen molar-refractivity contribution >= 4 is 43.5 Å². The first-order valence-electron chi connectivity index (χ1n) is 9.09. The normalized spacial score (nSPS) is 12.5. The number of halogens is 4. The van der Waals surface area contributed by atoms with E-state index in [0.29, 0.717) is 12.0 Å². The van der Waals surface area contributed by atoms with Crippen molar-refractivity contribution in [3.05, 3.63) is 31.3 Å². The molecular weight excluding hydrogens is 493 g/mol. The van der Waals surface area contributed by atoms with E-state index in [1.165, 1.54) is 0 Å². The summed E-state index contributed by atoms with van der Waals surface area (Å²) in [6.07, 6.45) is -4.38. The number of nitrogens with zero attached hydrogens (tertiary/aromatic N) is 2. The van der Waals surface area contributed by atoms with Gasteiger partial charge in [-0.3, -0.25) is 18.7 Å². The van der Waals surface area contributed by atoms with Gasteiger partial charge in [0.25, 0.3) is 5.56 Å². The first kappa shape index (κ1) is 24.6. The van der Waals surface area contributed by atoms with Crippen molar-refractivity contribution < 1.29 is 27.4 Å². The second kappa shape index (κ2) is 9.23. The summed E-state index contributed by atoms with van der Waals surface area (Å²) in [4.78, 5) is 38.7. The molecule has 0 N–H and O–H groups in total. The molecule has 2 aromatic rings. The molecule has 12 heteroatoms. The number of hydrogen-bond acceptors (Lipinski definition) is 6. The highest BCUT2D eigenvalue weighted by Gasteiger charge is 2.30. The molecule has 168 valence electrons. The van der Waals surface area contributed by atoms with Gasteiger partial charge in [0.15, 0.2) is 0 Å². The molecule has 0 fully saturated rings. The van der Waals surface area contributed by atoms with Gasteiger partial charge in [0, 0.05) is 17.4 Å². The van der Waals surface area contributed by atoms with Crippen molar-refractivity contribution in [2.45, 2.75) is 64.5 Å². The Morgan fingerprint density at radius 3 is 2.27 bits per heavy atom. The van der Waals surface area contributed by atoms with E-state index in [2.05, 4.69) is 20.7 Å². The molecule has 2 heterocycles. The Bertz CT molecular complexity index is 1050. The molecule has 0 aromatic carbocycles. The first-order valence-corrected chi connectivity index (χ1v) is 11.0. The maximum absolute atomic E-state index is 13.0. The Hall–Kier alpha value is -1.66. The lowest BCUT2D eigenvalue weighted by Crippen LogP contribution is -2.40. The molecule has 0 saturated carbocycles. The summed E-state index contributed by atoms with van der Waals surface area (Å²) in [5.74, 6) is -0.676. The van der Waals surface area contributed by atoms with Crippen LogP contribution in [0.5, 0.6) is 0 Å². The van der Waals surface area contributed by atoms with Gasteiger partial charge in [0.1, 0.15) is 15.3 Å². The SMILES string of the molecule is CCCn1c(=O)c2c(CBr)c(C(=O)OC(C)(C)C)sc2n(CCOC(F)(F)F)c1=O. The smallest absolute Gasteiger partial charge is 0.456 e. The van der Waals surface area contributed by atoms with Gasteiger partial charge in [-0.15, -0.1) is 24.5 Å². The Kier molecular flexibility index (Phi) is 7.57. The fourth-order valence-electron chi connectivity index (χ4n) is 2.80. The number of rotatable bonds is 7. The molecule has 0 amide bonds. The molecule has 0 unspecified atom stereocenters. The van der Waals surface area contributed by atoms with E-state index in [1.807, 2.05) is 0 Å². The van der Waals surface area contributed by atoms with Crippen molar-refractivity contribution in [1.29, 1.82) is 0 Å². The zero-order valence-electron chi connectivity index (χ0n) is 16.9. The summed E-state index contributed by atoms with van der Waals surface area (Å²) in [6.45, 7) is 5.66. The highest BCUT2D eigenvalue weighted by Crippen LogP contribution is 2.32. The average Bonchev–Trinajstić information content (AvgIpc) is 2.99. The van der Waals surface area contributed by atoms with Crippen LogP contribution in [0.2, 0.25) is 0 Å². The summed E-state index contributed by atoms with van der Waals surface area (Å²) in [5.41, 5.74) is -1.80. The summed E-state index contributed by atoms with van der Waals surface area (Å²) >= 11 is 4.11. The van der Waals surface area contributed by atoms with Crippen LogP contribution < -0.4 is 11.2 Å². The molecule has 2 rings (SSSR count). The van der Waals surface area contributed by atoms with Crippen molar-refractivity contribution in [2.24, 2.45) is 0 Å². The summed E-state index contributed by atoms with van der Waals surface area (Å²) in [5, 5.41) is 0.234. The monoisotopic (exact) mass is 514 g/mol. The van der Waals surface area contributed by atoms with Gasteiger partial charge in [0.05, 0.1) is 18.5 Å². The van der Waals surface area contributed by atoms with E-state index in [-0.39, 0.29) is 27.0 Å². The van der Waals surface area contributed by atoms with Gasteiger partial charge in [-0.05, 0) is 27.2 Å². The Labute approximate surface area is 182 Å². The van der Waals surface area contributed by atoms with E-state index >= 15 is 0 Å². The minimum atomic E-state index is -4.85. The minimum absolute atomic E-state index is 0.0904. The molecule has 0 aliphatic carbocycles. The van der Waals surface area contributed by atoms with Gasteiger partial charge in [-0.2, -0.15) is 0 Å². The third-order valence-electron chi connectivity index (χ3n) is 3.90. The van der Waals surface area contributed by atoms with Crippen molar-refractivity contribution in [3.63, 3.8) is 0 Å². The van der Waals surface area contributed by atoms with Gasteiger partial charge in [-0.25, -0.2) is 9.59 Å². The van der Waals surface area contributed by atoms with Crippen LogP contribution in [-0.4, -0.2) is 33.7 Å². The number of carbonyl (C=O) groups is 1. The van der Waals surface area contributed by atoms with E-state index in [9.17, 15) is 27.6 Å². The molecule has 0 bridgehead atoms. The van der Waals surface area contributed by atoms with E-state index in [1.54, 1.807) is 27.7 Å². The van der Waals surface area contributed by atoms with E-state index < -0.39 is 42.3 Å². The van der Waals surface area contributed by atoms with Crippen LogP contribution in [0, 0.1) is 0 Å². The molecule has 0 radical (unpaired) electrons. The Morgan fingerprint density at radius 1 is 1.13 bits per heavy atom. The molecule has 0 saturated heterocycles. The van der Waals surface area contributed by atoms with E-state index in [4.69, 9.17) is 4.74 Å². The van der Waals surface area contributed by atoms with Crippen LogP contribution >= 0.6 is 27.3 Å². The molecule has 0 atom stereocenters. The number of fused-ring (bicyclic) bond motifs is 1. The molecule has 2 aromatic heterocycles. The van der Waals surface area contributed by atoms with Crippen LogP contribution in [0.4, 0.5) is 13.2 Å². The predicted molar refractivity (Wildman–Crippen MR) is 110 cm³/mol. The fourth-order valence-corrected chi connectivity index (χ4v) is 4.76. The summed E-state index contributed by atoms with van der Waals surface area (Å²) < 4.78 is 48.4. The van der Waals surface area contributed by atoms with Crippen LogP contribution in [-0.2, 0) is 27.9 Å². The van der Waals surface area contributed by atoms with Gasteiger partial charge < -0.3 is 4.74 Å². The van der Waals surface area contributed by atoms with Gasteiger partial charge >= 0.3 is 18.0 Å². The first-order chi connectivity index (χ1) is 13.8. The quantitative estimate of drug-likeness (QED) is 0.411. The molecule has 30 heavy (non-hydrogen) atoms. The topological polar surface area (TPSA) is 79.5 Å². The second-order valence-corrected chi connectivity index (χ2v) is 8.97. The van der Waals surface area contributed by atoms with Crippen molar-refractivity contribution in [3.8, 4) is 0 Å². The molecule has 0 aliphatic heterocycles. The van der Waals surface area contributed by atoms with Crippen molar-refractivity contribution in [2.75, 3.05) is 6.61 Å². The lowest BCUT2D eigenvalue weighted by atomic mass is 10.2.